The summed E-state index contributed by atoms with van der Waals surface area (Å²) in [5.41, 5.74) is 3.44. The van der Waals surface area contributed by atoms with Crippen molar-refractivity contribution >= 4 is 0 Å². The number of fused-ring (bicyclic) bond motifs is 2. The van der Waals surface area contributed by atoms with Crippen molar-refractivity contribution < 1.29 is 9.47 Å². The Bertz CT molecular complexity index is 661. The topological polar surface area (TPSA) is 76.2 Å². The summed E-state index contributed by atoms with van der Waals surface area (Å²) in [6, 6.07) is 0.411. The molecule has 0 aromatic carbocycles. The average Bonchev–Trinajstić information content (AvgIpc) is 3.08. The summed E-state index contributed by atoms with van der Waals surface area (Å²) in [6.45, 7) is 3.63. The molecule has 7 heteroatoms. The standard InChI is InChI=1S/C16H21N5O2/c1-22-15-17-8-12(9-18-15)11-21-5-3-16(4-6-21)14-13(2-7-23-16)10-19-20-14/h8-10H,2-7,11H2,1H3,(H,19,20). The lowest BCUT2D eigenvalue weighted by atomic mass is 9.83. The lowest BCUT2D eigenvalue weighted by Gasteiger charge is -2.43. The van der Waals surface area contributed by atoms with E-state index in [-0.39, 0.29) is 5.60 Å². The number of nitrogens with one attached hydrogen (secondary N) is 1. The Morgan fingerprint density at radius 3 is 2.78 bits per heavy atom. The molecule has 2 aromatic rings. The fourth-order valence-corrected chi connectivity index (χ4v) is 3.58. The molecule has 7 nitrogen and oxygen atoms in total. The molecule has 0 radical (unpaired) electrons. The molecule has 2 aliphatic rings. The van der Waals surface area contributed by atoms with E-state index >= 15 is 0 Å². The van der Waals surface area contributed by atoms with Gasteiger partial charge in [0.2, 0.25) is 0 Å². The maximum Gasteiger partial charge on any atom is 0.316 e. The number of ether oxygens (including phenoxy) is 2. The maximum atomic E-state index is 6.18. The minimum Gasteiger partial charge on any atom is -0.467 e. The highest BCUT2D eigenvalue weighted by Crippen LogP contribution is 2.40. The molecule has 4 rings (SSSR count). The van der Waals surface area contributed by atoms with E-state index in [1.807, 2.05) is 18.6 Å². The molecule has 122 valence electrons. The predicted octanol–water partition coefficient (Wildman–Crippen LogP) is 1.27. The molecule has 0 aliphatic carbocycles. The smallest absolute Gasteiger partial charge is 0.316 e. The van der Waals surface area contributed by atoms with Crippen molar-refractivity contribution in [2.24, 2.45) is 0 Å². The predicted molar refractivity (Wildman–Crippen MR) is 83.0 cm³/mol. The molecule has 0 unspecified atom stereocenters. The van der Waals surface area contributed by atoms with Gasteiger partial charge in [0.25, 0.3) is 0 Å². The zero-order chi connectivity index (χ0) is 15.7. The number of hydrogen-bond acceptors (Lipinski definition) is 6. The zero-order valence-electron chi connectivity index (χ0n) is 13.3. The first kappa shape index (κ1) is 14.6. The summed E-state index contributed by atoms with van der Waals surface area (Å²) in [7, 11) is 1.58. The number of likely N-dealkylation sites (tertiary alicyclic amines) is 1. The van der Waals surface area contributed by atoms with E-state index in [0.29, 0.717) is 6.01 Å². The molecule has 0 amide bonds. The van der Waals surface area contributed by atoms with E-state index in [4.69, 9.17) is 9.47 Å². The molecule has 4 heterocycles. The number of methoxy groups -OCH3 is 1. The van der Waals surface area contributed by atoms with Crippen LogP contribution in [0.4, 0.5) is 0 Å². The lowest BCUT2D eigenvalue weighted by Crippen LogP contribution is -2.46. The van der Waals surface area contributed by atoms with Gasteiger partial charge in [-0.1, -0.05) is 0 Å². The maximum absolute atomic E-state index is 6.18. The number of hydrogen-bond donors (Lipinski definition) is 1. The van der Waals surface area contributed by atoms with Gasteiger partial charge in [0.1, 0.15) is 5.60 Å². The Morgan fingerprint density at radius 2 is 2.04 bits per heavy atom. The van der Waals surface area contributed by atoms with Crippen LogP contribution in [0.1, 0.15) is 29.7 Å². The third-order valence-electron chi connectivity index (χ3n) is 4.86. The number of piperidine rings is 1. The molecule has 1 saturated heterocycles. The first-order valence-corrected chi connectivity index (χ1v) is 8.03. The second-order valence-corrected chi connectivity index (χ2v) is 6.22. The first-order chi connectivity index (χ1) is 11.3. The third kappa shape index (κ3) is 2.70. The fourth-order valence-electron chi connectivity index (χ4n) is 3.58. The van der Waals surface area contributed by atoms with E-state index in [2.05, 4.69) is 25.1 Å². The van der Waals surface area contributed by atoms with Crippen molar-refractivity contribution in [2.75, 3.05) is 26.8 Å². The van der Waals surface area contributed by atoms with Crippen LogP contribution in [0.5, 0.6) is 6.01 Å². The van der Waals surface area contributed by atoms with Crippen molar-refractivity contribution in [2.45, 2.75) is 31.4 Å². The fraction of sp³-hybridized carbons (Fsp3) is 0.562. The van der Waals surface area contributed by atoms with Gasteiger partial charge < -0.3 is 9.47 Å². The van der Waals surface area contributed by atoms with Crippen molar-refractivity contribution in [3.05, 3.63) is 35.4 Å². The molecule has 2 aromatic heterocycles. The van der Waals surface area contributed by atoms with Gasteiger partial charge in [-0.3, -0.25) is 10.00 Å². The molecule has 0 saturated carbocycles. The minimum absolute atomic E-state index is 0.170. The minimum atomic E-state index is -0.170. The number of nitrogens with zero attached hydrogens (tertiary/aromatic N) is 4. The third-order valence-corrected chi connectivity index (χ3v) is 4.86. The molecule has 2 aliphatic heterocycles. The Balaban J connectivity index is 1.41. The summed E-state index contributed by atoms with van der Waals surface area (Å²) in [6.07, 6.45) is 8.54. The second kappa shape index (κ2) is 5.90. The van der Waals surface area contributed by atoms with Crippen molar-refractivity contribution in [3.8, 4) is 6.01 Å². The van der Waals surface area contributed by atoms with E-state index < -0.39 is 0 Å². The van der Waals surface area contributed by atoms with Gasteiger partial charge >= 0.3 is 6.01 Å². The monoisotopic (exact) mass is 315 g/mol. The van der Waals surface area contributed by atoms with Crippen LogP contribution < -0.4 is 4.74 Å². The van der Waals surface area contributed by atoms with Gasteiger partial charge in [-0.2, -0.15) is 5.10 Å². The Labute approximate surface area is 135 Å². The normalized spacial score (nSPS) is 20.4. The Hall–Kier alpha value is -1.99. The highest BCUT2D eigenvalue weighted by atomic mass is 16.5. The summed E-state index contributed by atoms with van der Waals surface area (Å²) in [5, 5.41) is 7.38. The van der Waals surface area contributed by atoms with Crippen molar-refractivity contribution in [1.29, 1.82) is 0 Å². The van der Waals surface area contributed by atoms with Crippen LogP contribution in [0, 0.1) is 0 Å². The molecular weight excluding hydrogens is 294 g/mol. The summed E-state index contributed by atoms with van der Waals surface area (Å²) in [4.78, 5) is 10.8. The molecular formula is C16H21N5O2. The van der Waals surface area contributed by atoms with Crippen LogP contribution in [0.25, 0.3) is 0 Å². The molecule has 0 bridgehead atoms. The lowest BCUT2D eigenvalue weighted by molar-refractivity contribution is -0.102. The van der Waals surface area contributed by atoms with Gasteiger partial charge in [0, 0.05) is 37.6 Å². The first-order valence-electron chi connectivity index (χ1n) is 8.03. The van der Waals surface area contributed by atoms with E-state index in [0.717, 1.165) is 51.1 Å². The number of H-pyrrole nitrogens is 1. The average molecular weight is 315 g/mol. The number of aromatic nitrogens is 4. The Morgan fingerprint density at radius 1 is 1.26 bits per heavy atom. The summed E-state index contributed by atoms with van der Waals surface area (Å²) < 4.78 is 11.2. The quantitative estimate of drug-likeness (QED) is 0.919. The molecule has 1 N–H and O–H groups in total. The van der Waals surface area contributed by atoms with Gasteiger partial charge in [-0.25, -0.2) is 9.97 Å². The SMILES string of the molecule is COc1ncc(CN2CCC3(CC2)OCCc2cn[nH]c23)cn1. The highest BCUT2D eigenvalue weighted by molar-refractivity contribution is 5.26. The molecule has 0 atom stereocenters. The van der Waals surface area contributed by atoms with E-state index in [9.17, 15) is 0 Å². The van der Waals surface area contributed by atoms with Crippen LogP contribution >= 0.6 is 0 Å². The van der Waals surface area contributed by atoms with Gasteiger partial charge in [-0.15, -0.1) is 0 Å². The number of aromatic amines is 1. The van der Waals surface area contributed by atoms with E-state index in [1.54, 1.807) is 7.11 Å². The zero-order valence-corrected chi connectivity index (χ0v) is 13.3. The second-order valence-electron chi connectivity index (χ2n) is 6.22. The van der Waals surface area contributed by atoms with Crippen molar-refractivity contribution in [3.63, 3.8) is 0 Å². The van der Waals surface area contributed by atoms with Gasteiger partial charge in [-0.05, 0) is 24.8 Å². The van der Waals surface area contributed by atoms with Crippen LogP contribution in [0.2, 0.25) is 0 Å². The van der Waals surface area contributed by atoms with Crippen LogP contribution in [-0.4, -0.2) is 51.9 Å². The Kier molecular flexibility index (Phi) is 3.74. The number of rotatable bonds is 3. The highest BCUT2D eigenvalue weighted by Gasteiger charge is 2.42. The van der Waals surface area contributed by atoms with Crippen LogP contribution in [-0.2, 0) is 23.3 Å². The van der Waals surface area contributed by atoms with Crippen molar-refractivity contribution in [1.82, 2.24) is 25.1 Å². The summed E-state index contributed by atoms with van der Waals surface area (Å²) >= 11 is 0. The van der Waals surface area contributed by atoms with E-state index in [1.165, 1.54) is 11.3 Å². The van der Waals surface area contributed by atoms with Crippen LogP contribution in [0.15, 0.2) is 18.6 Å². The molecule has 1 spiro atoms. The van der Waals surface area contributed by atoms with Gasteiger partial charge in [0.15, 0.2) is 0 Å². The molecule has 23 heavy (non-hydrogen) atoms. The van der Waals surface area contributed by atoms with Crippen LogP contribution in [0.3, 0.4) is 0 Å². The largest absolute Gasteiger partial charge is 0.467 e. The van der Waals surface area contributed by atoms with Gasteiger partial charge in [0.05, 0.1) is 25.6 Å². The molecule has 1 fully saturated rings. The summed E-state index contributed by atoms with van der Waals surface area (Å²) in [5.74, 6) is 0.